The lowest BCUT2D eigenvalue weighted by molar-refractivity contribution is -0.115. The predicted octanol–water partition coefficient (Wildman–Crippen LogP) is 2.58. The molecule has 0 spiro atoms. The number of rotatable bonds is 4. The van der Waals surface area contributed by atoms with Gasteiger partial charge in [-0.1, -0.05) is 22.9 Å². The van der Waals surface area contributed by atoms with Crippen LogP contribution in [0.3, 0.4) is 0 Å². The third kappa shape index (κ3) is 3.54. The fourth-order valence-electron chi connectivity index (χ4n) is 1.61. The van der Waals surface area contributed by atoms with Gasteiger partial charge in [-0.15, -0.1) is 0 Å². The van der Waals surface area contributed by atoms with Gasteiger partial charge in [0.05, 0.1) is 6.61 Å². The van der Waals surface area contributed by atoms with Gasteiger partial charge in [0.1, 0.15) is 11.4 Å². The summed E-state index contributed by atoms with van der Waals surface area (Å²) in [4.78, 5) is 11.6. The summed E-state index contributed by atoms with van der Waals surface area (Å²) in [5.74, 6) is 0.511. The molecule has 2 rings (SSSR count). The Morgan fingerprint density at radius 1 is 1.42 bits per heavy atom. The van der Waals surface area contributed by atoms with Crippen LogP contribution in [0.2, 0.25) is 0 Å². The Kier molecular flexibility index (Phi) is 4.55. The van der Waals surface area contributed by atoms with Crippen molar-refractivity contribution in [1.82, 2.24) is 10.6 Å². The zero-order valence-electron chi connectivity index (χ0n) is 10.3. The molecule has 2 N–H and O–H groups in total. The fourth-order valence-corrected chi connectivity index (χ4v) is 2.19. The number of amides is 1. The van der Waals surface area contributed by atoms with Crippen LogP contribution in [-0.2, 0) is 4.79 Å². The molecule has 0 aliphatic carbocycles. The van der Waals surface area contributed by atoms with Crippen molar-refractivity contribution in [3.63, 3.8) is 0 Å². The first-order chi connectivity index (χ1) is 9.10. The number of nitrogens with one attached hydrogen (secondary N) is 2. The van der Waals surface area contributed by atoms with Gasteiger partial charge >= 0.3 is 0 Å². The van der Waals surface area contributed by atoms with Gasteiger partial charge in [-0.05, 0) is 42.9 Å². The largest absolute Gasteiger partial charge is 0.493 e. The molecule has 0 atom stereocenters. The first kappa shape index (κ1) is 14.0. The van der Waals surface area contributed by atoms with E-state index in [1.807, 2.05) is 25.1 Å². The lowest BCUT2D eigenvalue weighted by Crippen LogP contribution is -2.21. The van der Waals surface area contributed by atoms with Gasteiger partial charge in [0, 0.05) is 10.0 Å². The molecule has 4 nitrogen and oxygen atoms in total. The molecular formula is C13H13BrN2O2S. The van der Waals surface area contributed by atoms with Crippen LogP contribution in [0.25, 0.3) is 6.08 Å². The minimum absolute atomic E-state index is 0.230. The molecular weight excluding hydrogens is 328 g/mol. The molecule has 1 saturated heterocycles. The van der Waals surface area contributed by atoms with Crippen LogP contribution in [0.5, 0.6) is 5.75 Å². The van der Waals surface area contributed by atoms with Gasteiger partial charge < -0.3 is 10.1 Å². The quantitative estimate of drug-likeness (QED) is 0.653. The number of carbonyl (C=O) groups is 1. The second-order valence-electron chi connectivity index (χ2n) is 4.00. The minimum atomic E-state index is -0.230. The second-order valence-corrected chi connectivity index (χ2v) is 5.32. The summed E-state index contributed by atoms with van der Waals surface area (Å²) in [5, 5.41) is 5.66. The number of carbonyl (C=O) groups excluding carboxylic acids is 1. The highest BCUT2D eigenvalue weighted by molar-refractivity contribution is 9.10. The molecule has 1 aliphatic rings. The van der Waals surface area contributed by atoms with Crippen LogP contribution in [0.15, 0.2) is 28.4 Å². The maximum Gasteiger partial charge on any atom is 0.273 e. The van der Waals surface area contributed by atoms with Crippen LogP contribution < -0.4 is 15.4 Å². The van der Waals surface area contributed by atoms with E-state index in [1.54, 1.807) is 6.08 Å². The summed E-state index contributed by atoms with van der Waals surface area (Å²) in [6.45, 7) is 2.68. The zero-order chi connectivity index (χ0) is 13.8. The average molecular weight is 341 g/mol. The van der Waals surface area contributed by atoms with E-state index in [0.717, 1.165) is 22.2 Å². The van der Waals surface area contributed by atoms with E-state index < -0.39 is 0 Å². The van der Waals surface area contributed by atoms with E-state index >= 15 is 0 Å². The van der Waals surface area contributed by atoms with Crippen molar-refractivity contribution in [2.24, 2.45) is 0 Å². The van der Waals surface area contributed by atoms with E-state index in [-0.39, 0.29) is 5.91 Å². The van der Waals surface area contributed by atoms with E-state index in [1.165, 1.54) is 0 Å². The molecule has 0 unspecified atom stereocenters. The molecule has 1 amide bonds. The molecule has 1 heterocycles. The Bertz CT molecular complexity index is 558. The smallest absolute Gasteiger partial charge is 0.273 e. The maximum absolute atomic E-state index is 11.6. The lowest BCUT2D eigenvalue weighted by Gasteiger charge is -2.09. The maximum atomic E-state index is 11.6. The highest BCUT2D eigenvalue weighted by Gasteiger charge is 2.20. The lowest BCUT2D eigenvalue weighted by atomic mass is 10.1. The van der Waals surface area contributed by atoms with Crippen LogP contribution in [0.1, 0.15) is 18.9 Å². The molecule has 1 fully saturated rings. The third-order valence-corrected chi connectivity index (χ3v) is 3.15. The monoisotopic (exact) mass is 340 g/mol. The number of ether oxygens (including phenoxy) is 1. The highest BCUT2D eigenvalue weighted by atomic mass is 79.9. The van der Waals surface area contributed by atoms with Crippen molar-refractivity contribution >= 4 is 45.2 Å². The van der Waals surface area contributed by atoms with Gasteiger partial charge in [0.15, 0.2) is 5.11 Å². The summed E-state index contributed by atoms with van der Waals surface area (Å²) >= 11 is 8.30. The van der Waals surface area contributed by atoms with E-state index in [4.69, 9.17) is 17.0 Å². The van der Waals surface area contributed by atoms with Gasteiger partial charge in [-0.2, -0.15) is 0 Å². The SMILES string of the molecule is CCCOc1ccc(Br)cc1/C=C1/NC(=S)NC1=O. The highest BCUT2D eigenvalue weighted by Crippen LogP contribution is 2.25. The van der Waals surface area contributed by atoms with Crippen molar-refractivity contribution in [3.05, 3.63) is 33.9 Å². The molecule has 1 aromatic rings. The Labute approximate surface area is 125 Å². The molecule has 0 radical (unpaired) electrons. The molecule has 6 heteroatoms. The van der Waals surface area contributed by atoms with Crippen LogP contribution in [0, 0.1) is 0 Å². The standard InChI is InChI=1S/C13H13BrN2O2S/c1-2-5-18-11-4-3-9(14)6-8(11)7-10-12(17)16-13(19)15-10/h3-4,6-7H,2,5H2,1H3,(H2,15,16,17,19)/b10-7+. The third-order valence-electron chi connectivity index (χ3n) is 2.45. The zero-order valence-corrected chi connectivity index (χ0v) is 12.7. The first-order valence-corrected chi connectivity index (χ1v) is 7.06. The molecule has 0 saturated carbocycles. The Balaban J connectivity index is 2.32. The number of hydrogen-bond donors (Lipinski definition) is 2. The molecule has 100 valence electrons. The van der Waals surface area contributed by atoms with E-state index in [0.29, 0.717) is 17.4 Å². The van der Waals surface area contributed by atoms with Gasteiger partial charge in [-0.3, -0.25) is 10.1 Å². The molecule has 0 aromatic heterocycles. The van der Waals surface area contributed by atoms with Crippen molar-refractivity contribution in [2.45, 2.75) is 13.3 Å². The molecule has 1 aromatic carbocycles. The van der Waals surface area contributed by atoms with Crippen LogP contribution >= 0.6 is 28.1 Å². The average Bonchev–Trinajstić information content (AvgIpc) is 2.67. The first-order valence-electron chi connectivity index (χ1n) is 5.86. The van der Waals surface area contributed by atoms with Crippen LogP contribution in [0.4, 0.5) is 0 Å². The number of thiocarbonyl (C=S) groups is 1. The number of halogens is 1. The Morgan fingerprint density at radius 2 is 2.21 bits per heavy atom. The van der Waals surface area contributed by atoms with Crippen molar-refractivity contribution in [1.29, 1.82) is 0 Å². The van der Waals surface area contributed by atoms with Gasteiger partial charge in [0.25, 0.3) is 5.91 Å². The number of benzene rings is 1. The predicted molar refractivity (Wildman–Crippen MR) is 81.8 cm³/mol. The second kappa shape index (κ2) is 6.16. The molecule has 1 aliphatic heterocycles. The van der Waals surface area contributed by atoms with Crippen molar-refractivity contribution in [2.75, 3.05) is 6.61 Å². The molecule has 0 bridgehead atoms. The van der Waals surface area contributed by atoms with E-state index in [2.05, 4.69) is 26.6 Å². The summed E-state index contributed by atoms with van der Waals surface area (Å²) in [6, 6.07) is 5.67. The summed E-state index contributed by atoms with van der Waals surface area (Å²) in [5.41, 5.74) is 1.25. The summed E-state index contributed by atoms with van der Waals surface area (Å²) in [7, 11) is 0. The van der Waals surface area contributed by atoms with E-state index in [9.17, 15) is 4.79 Å². The van der Waals surface area contributed by atoms with Crippen molar-refractivity contribution in [3.8, 4) is 5.75 Å². The summed E-state index contributed by atoms with van der Waals surface area (Å²) < 4.78 is 6.58. The minimum Gasteiger partial charge on any atom is -0.493 e. The van der Waals surface area contributed by atoms with Crippen LogP contribution in [-0.4, -0.2) is 17.6 Å². The van der Waals surface area contributed by atoms with Crippen molar-refractivity contribution < 1.29 is 9.53 Å². The number of hydrogen-bond acceptors (Lipinski definition) is 3. The Hall–Kier alpha value is -1.40. The fraction of sp³-hybridized carbons (Fsp3) is 0.231. The Morgan fingerprint density at radius 3 is 2.84 bits per heavy atom. The normalized spacial score (nSPS) is 16.4. The topological polar surface area (TPSA) is 50.4 Å². The van der Waals surface area contributed by atoms with Gasteiger partial charge in [-0.25, -0.2) is 0 Å². The summed E-state index contributed by atoms with van der Waals surface area (Å²) in [6.07, 6.45) is 2.65. The van der Waals surface area contributed by atoms with Gasteiger partial charge in [0.2, 0.25) is 0 Å². The molecule has 19 heavy (non-hydrogen) atoms.